The number of thiazole rings is 1. The molecule has 152 valence electrons. The van der Waals surface area contributed by atoms with E-state index in [-0.39, 0.29) is 30.7 Å². The van der Waals surface area contributed by atoms with Crippen LogP contribution in [0.15, 0.2) is 53.9 Å². The van der Waals surface area contributed by atoms with Crippen LogP contribution in [-0.4, -0.2) is 41.3 Å². The predicted molar refractivity (Wildman–Crippen MR) is 114 cm³/mol. The summed E-state index contributed by atoms with van der Waals surface area (Å²) in [5.74, 6) is -0.0528. The Morgan fingerprint density at radius 1 is 1.07 bits per heavy atom. The van der Waals surface area contributed by atoms with Gasteiger partial charge >= 0.3 is 0 Å². The summed E-state index contributed by atoms with van der Waals surface area (Å²) in [7, 11) is 1.61. The molecule has 8 heteroatoms. The van der Waals surface area contributed by atoms with E-state index in [4.69, 9.17) is 4.74 Å². The van der Waals surface area contributed by atoms with Gasteiger partial charge in [0, 0.05) is 23.9 Å². The Hall–Kier alpha value is -3.52. The summed E-state index contributed by atoms with van der Waals surface area (Å²) in [6.07, 6.45) is 0.568. The zero-order valence-electron chi connectivity index (χ0n) is 16.3. The first-order valence-corrected chi connectivity index (χ1v) is 10.3. The van der Waals surface area contributed by atoms with Gasteiger partial charge in [-0.25, -0.2) is 4.98 Å². The number of carbonyl (C=O) groups excluding carboxylic acids is 3. The van der Waals surface area contributed by atoms with Gasteiger partial charge in [-0.3, -0.25) is 19.3 Å². The molecule has 0 radical (unpaired) electrons. The van der Waals surface area contributed by atoms with Gasteiger partial charge in [0.2, 0.25) is 5.91 Å². The predicted octanol–water partition coefficient (Wildman–Crippen LogP) is 3.83. The van der Waals surface area contributed by atoms with Crippen LogP contribution < -0.4 is 10.1 Å². The number of hydrogen-bond donors (Lipinski definition) is 1. The van der Waals surface area contributed by atoms with Crippen LogP contribution in [0.1, 0.15) is 33.6 Å². The molecule has 0 atom stereocenters. The first-order valence-electron chi connectivity index (χ1n) is 9.42. The molecule has 3 amide bonds. The van der Waals surface area contributed by atoms with E-state index in [2.05, 4.69) is 10.3 Å². The van der Waals surface area contributed by atoms with Crippen molar-refractivity contribution >= 4 is 34.2 Å². The lowest BCUT2D eigenvalue weighted by atomic mass is 10.1. The molecule has 4 rings (SSSR count). The largest absolute Gasteiger partial charge is 0.497 e. The third-order valence-corrected chi connectivity index (χ3v) is 5.56. The maximum absolute atomic E-state index is 12.3. The van der Waals surface area contributed by atoms with Gasteiger partial charge in [-0.15, -0.1) is 11.3 Å². The monoisotopic (exact) mass is 421 g/mol. The maximum atomic E-state index is 12.3. The van der Waals surface area contributed by atoms with Gasteiger partial charge in [-0.2, -0.15) is 0 Å². The van der Waals surface area contributed by atoms with Crippen molar-refractivity contribution in [3.05, 3.63) is 65.0 Å². The number of amides is 3. The normalized spacial score (nSPS) is 12.8. The van der Waals surface area contributed by atoms with E-state index in [1.54, 1.807) is 31.4 Å². The maximum Gasteiger partial charge on any atom is 0.261 e. The van der Waals surface area contributed by atoms with Gasteiger partial charge in [0.1, 0.15) is 5.75 Å². The highest BCUT2D eigenvalue weighted by molar-refractivity contribution is 7.14. The zero-order chi connectivity index (χ0) is 21.1. The molecule has 1 aromatic heterocycles. The van der Waals surface area contributed by atoms with Crippen LogP contribution >= 0.6 is 11.3 Å². The number of rotatable bonds is 7. The SMILES string of the molecule is COc1ccc(-c2csc(NC(=O)CCCN3C(=O)c4ccccc4C3=O)n2)cc1. The second-order valence-electron chi connectivity index (χ2n) is 6.73. The van der Waals surface area contributed by atoms with Crippen molar-refractivity contribution in [2.45, 2.75) is 12.8 Å². The average Bonchev–Trinajstić information content (AvgIpc) is 3.32. The van der Waals surface area contributed by atoms with E-state index in [9.17, 15) is 14.4 Å². The summed E-state index contributed by atoms with van der Waals surface area (Å²) in [5.41, 5.74) is 2.53. The number of nitrogens with zero attached hydrogens (tertiary/aromatic N) is 2. The summed E-state index contributed by atoms with van der Waals surface area (Å²) in [6.45, 7) is 0.203. The van der Waals surface area contributed by atoms with E-state index in [0.717, 1.165) is 17.0 Å². The average molecular weight is 421 g/mol. The number of ether oxygens (including phenoxy) is 1. The fourth-order valence-corrected chi connectivity index (χ4v) is 3.98. The van der Waals surface area contributed by atoms with Crippen LogP contribution in [0, 0.1) is 0 Å². The first kappa shape index (κ1) is 19.8. The first-order chi connectivity index (χ1) is 14.6. The van der Waals surface area contributed by atoms with Crippen molar-refractivity contribution < 1.29 is 19.1 Å². The number of carbonyl (C=O) groups is 3. The van der Waals surface area contributed by atoms with Crippen LogP contribution in [0.4, 0.5) is 5.13 Å². The van der Waals surface area contributed by atoms with E-state index in [1.165, 1.54) is 16.2 Å². The molecule has 3 aromatic rings. The molecule has 0 aliphatic carbocycles. The van der Waals surface area contributed by atoms with Gasteiger partial charge in [0.15, 0.2) is 5.13 Å². The summed E-state index contributed by atoms with van der Waals surface area (Å²) < 4.78 is 5.15. The Kier molecular flexibility index (Phi) is 5.58. The lowest BCUT2D eigenvalue weighted by Crippen LogP contribution is -2.31. The number of anilines is 1. The molecule has 30 heavy (non-hydrogen) atoms. The number of benzene rings is 2. The highest BCUT2D eigenvalue weighted by atomic mass is 32.1. The van der Waals surface area contributed by atoms with Gasteiger partial charge in [-0.1, -0.05) is 12.1 Å². The molecule has 1 aliphatic rings. The number of imide groups is 1. The van der Waals surface area contributed by atoms with Gasteiger partial charge in [0.05, 0.1) is 23.9 Å². The van der Waals surface area contributed by atoms with Crippen molar-refractivity contribution in [1.29, 1.82) is 0 Å². The highest BCUT2D eigenvalue weighted by Crippen LogP contribution is 2.27. The summed E-state index contributed by atoms with van der Waals surface area (Å²) >= 11 is 1.34. The van der Waals surface area contributed by atoms with Crippen LogP contribution in [0.2, 0.25) is 0 Å². The molecule has 0 fully saturated rings. The van der Waals surface area contributed by atoms with Crippen molar-refractivity contribution in [3.63, 3.8) is 0 Å². The van der Waals surface area contributed by atoms with Gasteiger partial charge < -0.3 is 10.1 Å². The Morgan fingerprint density at radius 3 is 2.37 bits per heavy atom. The molecule has 0 spiro atoms. The Morgan fingerprint density at radius 2 is 1.73 bits per heavy atom. The van der Waals surface area contributed by atoms with Gasteiger partial charge in [-0.05, 0) is 42.8 Å². The highest BCUT2D eigenvalue weighted by Gasteiger charge is 2.34. The number of methoxy groups -OCH3 is 1. The molecule has 0 saturated carbocycles. The lowest BCUT2D eigenvalue weighted by Gasteiger charge is -2.13. The molecular weight excluding hydrogens is 402 g/mol. The number of fused-ring (bicyclic) bond motifs is 1. The third kappa shape index (κ3) is 3.95. The molecule has 7 nitrogen and oxygen atoms in total. The number of hydrogen-bond acceptors (Lipinski definition) is 6. The van der Waals surface area contributed by atoms with Gasteiger partial charge in [0.25, 0.3) is 11.8 Å². The van der Waals surface area contributed by atoms with Crippen LogP contribution in [0.3, 0.4) is 0 Å². The molecule has 2 heterocycles. The van der Waals surface area contributed by atoms with Crippen molar-refractivity contribution in [2.75, 3.05) is 19.0 Å². The number of aromatic nitrogens is 1. The fourth-order valence-electron chi connectivity index (χ4n) is 3.25. The van der Waals surface area contributed by atoms with Crippen LogP contribution in [-0.2, 0) is 4.79 Å². The summed E-state index contributed by atoms with van der Waals surface area (Å²) in [6, 6.07) is 14.3. The second-order valence-corrected chi connectivity index (χ2v) is 7.58. The quantitative estimate of drug-likeness (QED) is 0.586. The number of nitrogens with one attached hydrogen (secondary N) is 1. The zero-order valence-corrected chi connectivity index (χ0v) is 17.1. The molecule has 2 aromatic carbocycles. The second kappa shape index (κ2) is 8.46. The van der Waals surface area contributed by atoms with Crippen LogP contribution in [0.25, 0.3) is 11.3 Å². The smallest absolute Gasteiger partial charge is 0.261 e. The van der Waals surface area contributed by atoms with Crippen molar-refractivity contribution in [3.8, 4) is 17.0 Å². The topological polar surface area (TPSA) is 88.6 Å². The summed E-state index contributed by atoms with van der Waals surface area (Å²) in [4.78, 5) is 42.6. The minimum absolute atomic E-state index is 0.185. The van der Waals surface area contributed by atoms with E-state index < -0.39 is 0 Å². The molecule has 0 saturated heterocycles. The molecule has 0 bridgehead atoms. The van der Waals surface area contributed by atoms with Crippen molar-refractivity contribution in [2.24, 2.45) is 0 Å². The van der Waals surface area contributed by atoms with Crippen LogP contribution in [0.5, 0.6) is 5.75 Å². The van der Waals surface area contributed by atoms with E-state index in [0.29, 0.717) is 22.7 Å². The standard InChI is InChI=1S/C22H19N3O4S/c1-29-15-10-8-14(9-11-15)18-13-30-22(23-18)24-19(26)7-4-12-25-20(27)16-5-2-3-6-17(16)21(25)28/h2-3,5-6,8-11,13H,4,7,12H2,1H3,(H,23,24,26). The lowest BCUT2D eigenvalue weighted by molar-refractivity contribution is -0.116. The Balaban J connectivity index is 1.29. The van der Waals surface area contributed by atoms with E-state index in [1.807, 2.05) is 29.6 Å². The Labute approximate surface area is 177 Å². The minimum atomic E-state index is -0.305. The molecular formula is C22H19N3O4S. The van der Waals surface area contributed by atoms with E-state index >= 15 is 0 Å². The third-order valence-electron chi connectivity index (χ3n) is 4.80. The minimum Gasteiger partial charge on any atom is -0.497 e. The fraction of sp³-hybridized carbons (Fsp3) is 0.182. The molecule has 1 N–H and O–H groups in total. The van der Waals surface area contributed by atoms with Crippen molar-refractivity contribution in [1.82, 2.24) is 9.88 Å². The molecule has 0 unspecified atom stereocenters. The Bertz CT molecular complexity index is 1070. The summed E-state index contributed by atoms with van der Waals surface area (Å²) in [5, 5.41) is 5.15. The molecule has 1 aliphatic heterocycles.